The molecule has 130 valence electrons. The van der Waals surface area contributed by atoms with Crippen molar-refractivity contribution in [1.29, 1.82) is 0 Å². The topological polar surface area (TPSA) is 41.7 Å². The van der Waals surface area contributed by atoms with E-state index in [-0.39, 0.29) is 39.0 Å². The second-order valence-electron chi connectivity index (χ2n) is 5.06. The van der Waals surface area contributed by atoms with Crippen LogP contribution in [0.1, 0.15) is 18.4 Å². The van der Waals surface area contributed by atoms with Crippen molar-refractivity contribution in [3.8, 4) is 0 Å². The lowest BCUT2D eigenvalue weighted by atomic mass is 10.1. The Labute approximate surface area is 145 Å². The summed E-state index contributed by atoms with van der Waals surface area (Å²) in [6.45, 7) is -1.24. The van der Waals surface area contributed by atoms with Crippen molar-refractivity contribution >= 4 is 40.0 Å². The van der Waals surface area contributed by atoms with Gasteiger partial charge >= 0.3 is 6.61 Å². The number of aromatic nitrogens is 1. The lowest BCUT2D eigenvalue weighted by Crippen LogP contribution is -2.35. The molecule has 1 aromatic heterocycles. The molecule has 10 heteroatoms. The molecule has 0 aliphatic carbocycles. The van der Waals surface area contributed by atoms with Gasteiger partial charge in [0, 0.05) is 13.5 Å². The van der Waals surface area contributed by atoms with Crippen LogP contribution in [-0.4, -0.2) is 35.4 Å². The van der Waals surface area contributed by atoms with Crippen LogP contribution in [0.15, 0.2) is 15.5 Å². The first-order valence-corrected chi connectivity index (χ1v) is 7.71. The highest BCUT2D eigenvalue weighted by Crippen LogP contribution is 2.40. The van der Waals surface area contributed by atoms with Gasteiger partial charge in [0.25, 0.3) is 0 Å². The second-order valence-corrected chi connectivity index (χ2v) is 5.93. The first-order valence-electron chi connectivity index (χ1n) is 6.96. The van der Waals surface area contributed by atoms with E-state index < -0.39 is 12.4 Å². The van der Waals surface area contributed by atoms with E-state index in [1.165, 1.54) is 12.1 Å². The predicted molar refractivity (Wildman–Crippen MR) is 82.7 cm³/mol. The smallest absolute Gasteiger partial charge is 0.366 e. The first kappa shape index (κ1) is 17.3. The Hall–Kier alpha value is -1.48. The highest BCUT2D eigenvalue weighted by atomic mass is 35.5. The van der Waals surface area contributed by atoms with Crippen molar-refractivity contribution in [2.24, 2.45) is 0 Å². The fourth-order valence-corrected chi connectivity index (χ4v) is 3.05. The number of likely N-dealkylation sites (N-methyl/N-ethyl adjacent to an activating group) is 1. The third-order valence-electron chi connectivity index (χ3n) is 3.46. The van der Waals surface area contributed by atoms with Gasteiger partial charge in [-0.1, -0.05) is 30.1 Å². The van der Waals surface area contributed by atoms with Crippen LogP contribution in [0.4, 0.5) is 13.2 Å². The van der Waals surface area contributed by atoms with Gasteiger partial charge in [0.05, 0.1) is 22.2 Å². The largest absolute Gasteiger partial charge is 0.440 e. The van der Waals surface area contributed by atoms with Gasteiger partial charge in [-0.25, -0.2) is 9.37 Å². The van der Waals surface area contributed by atoms with Gasteiger partial charge in [-0.2, -0.15) is 23.8 Å². The number of halogens is 5. The van der Waals surface area contributed by atoms with Crippen LogP contribution in [0.5, 0.6) is 0 Å². The van der Waals surface area contributed by atoms with Crippen LogP contribution < -0.4 is 0 Å². The normalized spacial score (nSPS) is 16.2. The van der Waals surface area contributed by atoms with Crippen molar-refractivity contribution in [2.75, 3.05) is 13.6 Å². The van der Waals surface area contributed by atoms with Gasteiger partial charge in [0.1, 0.15) is 17.0 Å². The van der Waals surface area contributed by atoms with Gasteiger partial charge in [0.15, 0.2) is 11.5 Å². The van der Waals surface area contributed by atoms with E-state index in [0.29, 0.717) is 12.3 Å². The average molecular weight is 382 g/mol. The number of alkyl halides is 2. The lowest BCUT2D eigenvalue weighted by Gasteiger charge is -2.27. The molecule has 3 rings (SSSR count). The number of aryl methyl sites for hydroxylation is 1. The fraction of sp³-hybridized carbons (Fsp3) is 0.357. The van der Waals surface area contributed by atoms with E-state index in [1.807, 2.05) is 0 Å². The molecule has 0 radical (unpaired) electrons. The molecule has 0 spiro atoms. The summed E-state index contributed by atoms with van der Waals surface area (Å²) in [6, 6.07) is 1.04. The standard InChI is InChI=1S/C14H12Cl2F3N3O2/c1-3-9-20-11-6(15)4-8(17)10(13(11)23-9)12-7(16)5-21(2)22(12)24-14(18)19/h4,14H,3,5H2,1-2H3. The number of oxazole rings is 1. The number of hydrogen-bond donors (Lipinski definition) is 0. The van der Waals surface area contributed by atoms with Crippen molar-refractivity contribution in [3.05, 3.63) is 33.4 Å². The van der Waals surface area contributed by atoms with Gasteiger partial charge in [-0.05, 0) is 6.07 Å². The maximum Gasteiger partial charge on any atom is 0.366 e. The highest BCUT2D eigenvalue weighted by molar-refractivity contribution is 6.36. The van der Waals surface area contributed by atoms with E-state index in [4.69, 9.17) is 27.6 Å². The summed E-state index contributed by atoms with van der Waals surface area (Å²) >= 11 is 12.2. The van der Waals surface area contributed by atoms with Crippen LogP contribution >= 0.6 is 23.2 Å². The van der Waals surface area contributed by atoms with Gasteiger partial charge < -0.3 is 4.42 Å². The predicted octanol–water partition coefficient (Wildman–Crippen LogP) is 4.41. The minimum absolute atomic E-state index is 0.0307. The molecule has 1 aromatic carbocycles. The van der Waals surface area contributed by atoms with Crippen LogP contribution in [0.3, 0.4) is 0 Å². The number of hydrazine groups is 1. The van der Waals surface area contributed by atoms with E-state index in [2.05, 4.69) is 9.82 Å². The summed E-state index contributed by atoms with van der Waals surface area (Å²) in [7, 11) is 1.47. The van der Waals surface area contributed by atoms with Crippen LogP contribution in [-0.2, 0) is 11.3 Å². The Morgan fingerprint density at radius 2 is 2.12 bits per heavy atom. The number of hydroxylamine groups is 1. The molecule has 0 fully saturated rings. The third kappa shape index (κ3) is 2.83. The number of fused-ring (bicyclic) bond motifs is 1. The van der Waals surface area contributed by atoms with Crippen LogP contribution in [0.25, 0.3) is 16.8 Å². The summed E-state index contributed by atoms with van der Waals surface area (Å²) in [5.41, 5.74) is 0.0608. The quantitative estimate of drug-likeness (QED) is 0.784. The Balaban J connectivity index is 2.24. The molecule has 5 nitrogen and oxygen atoms in total. The summed E-state index contributed by atoms with van der Waals surface area (Å²) in [4.78, 5) is 8.63. The Morgan fingerprint density at radius 3 is 2.75 bits per heavy atom. The molecular formula is C14H12Cl2F3N3O2. The van der Waals surface area contributed by atoms with E-state index >= 15 is 0 Å². The molecular weight excluding hydrogens is 370 g/mol. The maximum absolute atomic E-state index is 14.6. The molecule has 2 aromatic rings. The van der Waals surface area contributed by atoms with Gasteiger partial charge in [-0.3, -0.25) is 0 Å². The number of benzene rings is 1. The fourth-order valence-electron chi connectivity index (χ4n) is 2.48. The molecule has 0 atom stereocenters. The first-order chi connectivity index (χ1) is 11.3. The second kappa shape index (κ2) is 6.44. The van der Waals surface area contributed by atoms with Crippen molar-refractivity contribution in [1.82, 2.24) is 15.2 Å². The summed E-state index contributed by atoms with van der Waals surface area (Å²) < 4.78 is 45.6. The maximum atomic E-state index is 14.6. The van der Waals surface area contributed by atoms with Crippen molar-refractivity contribution in [3.63, 3.8) is 0 Å². The zero-order chi connectivity index (χ0) is 17.6. The average Bonchev–Trinajstić information content (AvgIpc) is 3.03. The van der Waals surface area contributed by atoms with E-state index in [9.17, 15) is 13.2 Å². The third-order valence-corrected chi connectivity index (χ3v) is 4.05. The molecule has 2 heterocycles. The number of hydrogen-bond acceptors (Lipinski definition) is 5. The number of rotatable bonds is 4. The minimum atomic E-state index is -3.11. The molecule has 0 bridgehead atoms. The summed E-state index contributed by atoms with van der Waals surface area (Å²) in [5, 5.41) is 2.20. The minimum Gasteiger partial charge on any atom is -0.440 e. The Morgan fingerprint density at radius 1 is 1.42 bits per heavy atom. The zero-order valence-corrected chi connectivity index (χ0v) is 14.1. The molecule has 24 heavy (non-hydrogen) atoms. The lowest BCUT2D eigenvalue weighted by molar-refractivity contribution is -0.316. The highest BCUT2D eigenvalue weighted by Gasteiger charge is 2.35. The molecule has 1 aliphatic rings. The SMILES string of the molecule is CCc1nc2c(Cl)cc(F)c(C3=C(Cl)CN(C)N3OC(F)F)c2o1. The zero-order valence-electron chi connectivity index (χ0n) is 12.6. The van der Waals surface area contributed by atoms with Gasteiger partial charge in [0.2, 0.25) is 0 Å². The summed E-state index contributed by atoms with van der Waals surface area (Å²) in [6.07, 6.45) is 0.454. The summed E-state index contributed by atoms with van der Waals surface area (Å²) in [5.74, 6) is -0.444. The molecule has 0 N–H and O–H groups in total. The van der Waals surface area contributed by atoms with E-state index in [1.54, 1.807) is 6.92 Å². The Bertz CT molecular complexity index is 825. The van der Waals surface area contributed by atoms with Crippen LogP contribution in [0, 0.1) is 5.82 Å². The molecule has 0 amide bonds. The Kier molecular flexibility index (Phi) is 4.65. The van der Waals surface area contributed by atoms with E-state index in [0.717, 1.165) is 11.2 Å². The molecule has 1 aliphatic heterocycles. The van der Waals surface area contributed by atoms with Gasteiger partial charge in [-0.15, -0.1) is 0 Å². The van der Waals surface area contributed by atoms with Crippen LogP contribution in [0.2, 0.25) is 5.02 Å². The van der Waals surface area contributed by atoms with Crippen molar-refractivity contribution in [2.45, 2.75) is 20.0 Å². The monoisotopic (exact) mass is 381 g/mol. The molecule has 0 saturated heterocycles. The van der Waals surface area contributed by atoms with Crippen molar-refractivity contribution < 1.29 is 22.4 Å². The molecule has 0 unspecified atom stereocenters. The number of nitrogens with zero attached hydrogens (tertiary/aromatic N) is 3. The molecule has 0 saturated carbocycles.